The number of halogens is 1. The first-order valence-electron chi connectivity index (χ1n) is 5.02. The van der Waals surface area contributed by atoms with Gasteiger partial charge in [0.05, 0.1) is 5.60 Å². The van der Waals surface area contributed by atoms with Crippen molar-refractivity contribution in [2.45, 2.75) is 31.3 Å². The van der Waals surface area contributed by atoms with Gasteiger partial charge in [0.1, 0.15) is 0 Å². The van der Waals surface area contributed by atoms with E-state index in [1.807, 2.05) is 32.9 Å². The molecule has 3 heteroatoms. The molecule has 0 radical (unpaired) electrons. The van der Waals surface area contributed by atoms with Crippen LogP contribution in [-0.4, -0.2) is 16.5 Å². The standard InChI is InChI=1S/C12H17BrOS/c1-9(2)12(3,14)8-15-11-6-4-10(13)5-7-11/h4-7,9,14H,8H2,1-3H3. The van der Waals surface area contributed by atoms with Gasteiger partial charge < -0.3 is 5.11 Å². The van der Waals surface area contributed by atoms with Gasteiger partial charge >= 0.3 is 0 Å². The van der Waals surface area contributed by atoms with Crippen molar-refractivity contribution >= 4 is 27.7 Å². The third-order valence-electron chi connectivity index (χ3n) is 2.59. The molecule has 0 amide bonds. The molecule has 1 aromatic carbocycles. The van der Waals surface area contributed by atoms with Crippen molar-refractivity contribution in [1.29, 1.82) is 0 Å². The fourth-order valence-corrected chi connectivity index (χ4v) is 2.31. The molecule has 0 aromatic heterocycles. The van der Waals surface area contributed by atoms with Crippen LogP contribution >= 0.6 is 27.7 Å². The monoisotopic (exact) mass is 288 g/mol. The quantitative estimate of drug-likeness (QED) is 0.847. The number of rotatable bonds is 4. The van der Waals surface area contributed by atoms with Crippen molar-refractivity contribution < 1.29 is 5.11 Å². The van der Waals surface area contributed by atoms with Gasteiger partial charge in [0, 0.05) is 15.1 Å². The number of aliphatic hydroxyl groups is 1. The van der Waals surface area contributed by atoms with Crippen LogP contribution in [0.4, 0.5) is 0 Å². The number of hydrogen-bond acceptors (Lipinski definition) is 2. The summed E-state index contributed by atoms with van der Waals surface area (Å²) < 4.78 is 1.09. The Bertz CT molecular complexity index is 306. The second kappa shape index (κ2) is 5.37. The zero-order valence-electron chi connectivity index (χ0n) is 9.33. The smallest absolute Gasteiger partial charge is 0.0736 e. The van der Waals surface area contributed by atoms with Gasteiger partial charge in [0.2, 0.25) is 0 Å². The maximum Gasteiger partial charge on any atom is 0.0736 e. The molecule has 0 bridgehead atoms. The summed E-state index contributed by atoms with van der Waals surface area (Å²) in [5, 5.41) is 10.1. The van der Waals surface area contributed by atoms with Gasteiger partial charge in [-0.25, -0.2) is 0 Å². The summed E-state index contributed by atoms with van der Waals surface area (Å²) in [5.41, 5.74) is -0.599. The summed E-state index contributed by atoms with van der Waals surface area (Å²) in [4.78, 5) is 1.19. The van der Waals surface area contributed by atoms with E-state index < -0.39 is 5.60 Å². The van der Waals surface area contributed by atoms with Crippen molar-refractivity contribution in [3.63, 3.8) is 0 Å². The highest BCUT2D eigenvalue weighted by molar-refractivity contribution is 9.10. The molecule has 1 aromatic rings. The molecule has 0 saturated heterocycles. The molecule has 0 aliphatic carbocycles. The zero-order chi connectivity index (χ0) is 11.5. The largest absolute Gasteiger partial charge is 0.389 e. The Hall–Kier alpha value is 0.01000. The number of benzene rings is 1. The normalized spacial score (nSPS) is 15.3. The molecule has 0 spiro atoms. The van der Waals surface area contributed by atoms with Crippen LogP contribution in [0.25, 0.3) is 0 Å². The fraction of sp³-hybridized carbons (Fsp3) is 0.500. The lowest BCUT2D eigenvalue weighted by Gasteiger charge is -2.27. The van der Waals surface area contributed by atoms with E-state index in [0.29, 0.717) is 0 Å². The lowest BCUT2D eigenvalue weighted by Crippen LogP contribution is -2.33. The summed E-state index contributed by atoms with van der Waals surface area (Å²) in [7, 11) is 0. The third kappa shape index (κ3) is 4.17. The number of hydrogen-bond donors (Lipinski definition) is 1. The summed E-state index contributed by atoms with van der Waals surface area (Å²) in [5.74, 6) is 1.01. The molecule has 0 aliphatic heterocycles. The van der Waals surface area contributed by atoms with Crippen molar-refractivity contribution in [1.82, 2.24) is 0 Å². The molecule has 15 heavy (non-hydrogen) atoms. The van der Waals surface area contributed by atoms with Crippen LogP contribution < -0.4 is 0 Å². The highest BCUT2D eigenvalue weighted by atomic mass is 79.9. The van der Waals surface area contributed by atoms with Crippen LogP contribution in [0.1, 0.15) is 20.8 Å². The molecule has 0 aliphatic rings. The fourth-order valence-electron chi connectivity index (χ4n) is 0.927. The van der Waals surface area contributed by atoms with Gasteiger partial charge in [0.15, 0.2) is 0 Å². The van der Waals surface area contributed by atoms with Crippen molar-refractivity contribution in [3.8, 4) is 0 Å². The molecule has 84 valence electrons. The van der Waals surface area contributed by atoms with Crippen LogP contribution in [-0.2, 0) is 0 Å². The first kappa shape index (κ1) is 13.1. The predicted octanol–water partition coefficient (Wildman–Crippen LogP) is 3.95. The molecule has 0 saturated carbocycles. The Kier molecular flexibility index (Phi) is 4.68. The highest BCUT2D eigenvalue weighted by Crippen LogP contribution is 2.27. The van der Waals surface area contributed by atoms with E-state index in [2.05, 4.69) is 28.1 Å². The highest BCUT2D eigenvalue weighted by Gasteiger charge is 2.24. The van der Waals surface area contributed by atoms with E-state index in [-0.39, 0.29) is 5.92 Å². The van der Waals surface area contributed by atoms with E-state index >= 15 is 0 Å². The molecule has 1 rings (SSSR count). The average Bonchev–Trinajstić information content (AvgIpc) is 2.17. The van der Waals surface area contributed by atoms with Crippen LogP contribution in [0.2, 0.25) is 0 Å². The van der Waals surface area contributed by atoms with E-state index in [1.165, 1.54) is 4.90 Å². The predicted molar refractivity (Wildman–Crippen MR) is 70.3 cm³/mol. The summed E-state index contributed by atoms with van der Waals surface area (Å²) in [6, 6.07) is 8.16. The average molecular weight is 289 g/mol. The molecule has 1 atom stereocenters. The van der Waals surface area contributed by atoms with E-state index in [4.69, 9.17) is 0 Å². The molecule has 1 N–H and O–H groups in total. The SMILES string of the molecule is CC(C)C(C)(O)CSc1ccc(Br)cc1. The Labute approximate surface area is 104 Å². The van der Waals surface area contributed by atoms with Gasteiger partial charge in [-0.05, 0) is 37.1 Å². The minimum Gasteiger partial charge on any atom is -0.389 e. The molecule has 0 heterocycles. The lowest BCUT2D eigenvalue weighted by molar-refractivity contribution is 0.0376. The maximum absolute atomic E-state index is 10.1. The van der Waals surface area contributed by atoms with Crippen LogP contribution in [0.5, 0.6) is 0 Å². The minimum atomic E-state index is -0.599. The van der Waals surface area contributed by atoms with E-state index in [1.54, 1.807) is 11.8 Å². The lowest BCUT2D eigenvalue weighted by atomic mass is 9.95. The zero-order valence-corrected chi connectivity index (χ0v) is 11.7. The summed E-state index contributed by atoms with van der Waals surface area (Å²) in [6.07, 6.45) is 0. The molecular formula is C12H17BrOS. The van der Waals surface area contributed by atoms with Gasteiger partial charge in [-0.3, -0.25) is 0 Å². The summed E-state index contributed by atoms with van der Waals surface area (Å²) >= 11 is 5.09. The van der Waals surface area contributed by atoms with Gasteiger partial charge in [-0.1, -0.05) is 29.8 Å². The Morgan fingerprint density at radius 2 is 1.87 bits per heavy atom. The molecular weight excluding hydrogens is 272 g/mol. The van der Waals surface area contributed by atoms with Gasteiger partial charge in [0.25, 0.3) is 0 Å². The minimum absolute atomic E-state index is 0.278. The number of thioether (sulfide) groups is 1. The summed E-state index contributed by atoms with van der Waals surface area (Å²) in [6.45, 7) is 5.98. The van der Waals surface area contributed by atoms with Crippen LogP contribution in [0.3, 0.4) is 0 Å². The van der Waals surface area contributed by atoms with E-state index in [9.17, 15) is 5.11 Å². The first-order chi connectivity index (χ1) is 6.92. The van der Waals surface area contributed by atoms with E-state index in [0.717, 1.165) is 10.2 Å². The Balaban J connectivity index is 2.54. The topological polar surface area (TPSA) is 20.2 Å². The van der Waals surface area contributed by atoms with Crippen molar-refractivity contribution in [2.75, 3.05) is 5.75 Å². The third-order valence-corrected chi connectivity index (χ3v) is 4.45. The van der Waals surface area contributed by atoms with Gasteiger partial charge in [-0.2, -0.15) is 0 Å². The Morgan fingerprint density at radius 3 is 2.33 bits per heavy atom. The molecule has 1 nitrogen and oxygen atoms in total. The maximum atomic E-state index is 10.1. The van der Waals surface area contributed by atoms with Crippen LogP contribution in [0, 0.1) is 5.92 Å². The second-order valence-electron chi connectivity index (χ2n) is 4.25. The second-order valence-corrected chi connectivity index (χ2v) is 6.22. The molecule has 1 unspecified atom stereocenters. The van der Waals surface area contributed by atoms with Gasteiger partial charge in [-0.15, -0.1) is 11.8 Å². The first-order valence-corrected chi connectivity index (χ1v) is 6.80. The van der Waals surface area contributed by atoms with Crippen LogP contribution in [0.15, 0.2) is 33.6 Å². The van der Waals surface area contributed by atoms with Crippen molar-refractivity contribution in [3.05, 3.63) is 28.7 Å². The molecule has 0 fully saturated rings. The Morgan fingerprint density at radius 1 is 1.33 bits per heavy atom. The van der Waals surface area contributed by atoms with Crippen molar-refractivity contribution in [2.24, 2.45) is 5.92 Å².